The van der Waals surface area contributed by atoms with E-state index in [1.807, 2.05) is 31.2 Å². The van der Waals surface area contributed by atoms with E-state index in [1.165, 1.54) is 0 Å². The van der Waals surface area contributed by atoms with Gasteiger partial charge in [0.2, 0.25) is 0 Å². The van der Waals surface area contributed by atoms with E-state index in [-0.39, 0.29) is 12.6 Å². The molecular weight excluding hydrogens is 214 g/mol. The van der Waals surface area contributed by atoms with Gasteiger partial charge in [0.05, 0.1) is 12.7 Å². The van der Waals surface area contributed by atoms with Gasteiger partial charge in [-0.25, -0.2) is 0 Å². The molecule has 1 unspecified atom stereocenters. The van der Waals surface area contributed by atoms with Crippen LogP contribution in [0.2, 0.25) is 5.02 Å². The van der Waals surface area contributed by atoms with E-state index in [2.05, 4.69) is 5.32 Å². The monoisotopic (exact) mass is 229 g/mol. The molecule has 15 heavy (non-hydrogen) atoms. The summed E-state index contributed by atoms with van der Waals surface area (Å²) in [5.74, 6) is 0. The van der Waals surface area contributed by atoms with Crippen molar-refractivity contribution in [3.8, 4) is 0 Å². The maximum absolute atomic E-state index is 9.17. The fourth-order valence-electron chi connectivity index (χ4n) is 1.27. The van der Waals surface area contributed by atoms with E-state index in [0.29, 0.717) is 11.6 Å². The van der Waals surface area contributed by atoms with Crippen LogP contribution in [0.15, 0.2) is 24.3 Å². The quantitative estimate of drug-likeness (QED) is 0.715. The number of halogens is 1. The Bertz CT molecular complexity index is 306. The largest absolute Gasteiger partial charge is 0.394 e. The van der Waals surface area contributed by atoms with Crippen molar-refractivity contribution < 1.29 is 10.2 Å². The molecule has 84 valence electrons. The van der Waals surface area contributed by atoms with Gasteiger partial charge in [-0.3, -0.25) is 0 Å². The highest BCUT2D eigenvalue weighted by molar-refractivity contribution is 6.30. The van der Waals surface area contributed by atoms with Crippen LogP contribution in [0.3, 0.4) is 0 Å². The topological polar surface area (TPSA) is 52.5 Å². The third-order valence-corrected chi connectivity index (χ3v) is 2.45. The first-order chi connectivity index (χ1) is 7.13. The first-order valence-electron chi connectivity index (χ1n) is 4.91. The molecule has 0 heterocycles. The van der Waals surface area contributed by atoms with Gasteiger partial charge in [0.1, 0.15) is 0 Å². The molecule has 1 rings (SSSR count). The van der Waals surface area contributed by atoms with Crippen LogP contribution < -0.4 is 5.32 Å². The Kier molecular flexibility index (Phi) is 5.05. The maximum atomic E-state index is 9.17. The van der Waals surface area contributed by atoms with E-state index >= 15 is 0 Å². The lowest BCUT2D eigenvalue weighted by molar-refractivity contribution is 0.0924. The van der Waals surface area contributed by atoms with Gasteiger partial charge in [-0.15, -0.1) is 0 Å². The van der Waals surface area contributed by atoms with Crippen LogP contribution in [-0.4, -0.2) is 29.5 Å². The number of aliphatic hydroxyl groups is 2. The van der Waals surface area contributed by atoms with Gasteiger partial charge in [-0.2, -0.15) is 0 Å². The van der Waals surface area contributed by atoms with Crippen molar-refractivity contribution in [2.75, 3.05) is 13.2 Å². The van der Waals surface area contributed by atoms with Crippen LogP contribution in [-0.2, 0) is 0 Å². The van der Waals surface area contributed by atoms with Crippen molar-refractivity contribution in [1.82, 2.24) is 5.32 Å². The molecule has 0 aliphatic rings. The third kappa shape index (κ3) is 4.18. The summed E-state index contributed by atoms with van der Waals surface area (Å²) in [5.41, 5.74) is 1.06. The number of benzene rings is 1. The Hall–Kier alpha value is -0.610. The summed E-state index contributed by atoms with van der Waals surface area (Å²) < 4.78 is 0. The first kappa shape index (κ1) is 12.5. The number of hydrogen-bond donors (Lipinski definition) is 3. The highest BCUT2D eigenvalue weighted by Gasteiger charge is 2.07. The molecule has 3 N–H and O–H groups in total. The standard InChI is InChI=1S/C11H16ClNO2/c1-8(13-6-11(15)7-14)9-3-2-4-10(12)5-9/h2-5,8,11,13-15H,6-7H2,1H3/t8-,11?/m1/s1. The zero-order valence-electron chi connectivity index (χ0n) is 8.65. The molecule has 0 fully saturated rings. The van der Waals surface area contributed by atoms with Crippen LogP contribution in [0.4, 0.5) is 0 Å². The fourth-order valence-corrected chi connectivity index (χ4v) is 1.47. The van der Waals surface area contributed by atoms with Crippen molar-refractivity contribution in [1.29, 1.82) is 0 Å². The van der Waals surface area contributed by atoms with Gasteiger partial charge in [0.15, 0.2) is 0 Å². The average Bonchev–Trinajstić information content (AvgIpc) is 2.25. The van der Waals surface area contributed by atoms with Crippen molar-refractivity contribution in [2.24, 2.45) is 0 Å². The zero-order valence-corrected chi connectivity index (χ0v) is 9.41. The molecule has 1 aromatic carbocycles. The Morgan fingerprint density at radius 1 is 1.47 bits per heavy atom. The summed E-state index contributed by atoms with van der Waals surface area (Å²) in [6.45, 7) is 2.12. The number of rotatable bonds is 5. The lowest BCUT2D eigenvalue weighted by Gasteiger charge is -2.16. The van der Waals surface area contributed by atoms with Crippen molar-refractivity contribution >= 4 is 11.6 Å². The fraction of sp³-hybridized carbons (Fsp3) is 0.455. The van der Waals surface area contributed by atoms with E-state index in [1.54, 1.807) is 0 Å². The van der Waals surface area contributed by atoms with Gasteiger partial charge in [0.25, 0.3) is 0 Å². The number of aliphatic hydroxyl groups excluding tert-OH is 2. The van der Waals surface area contributed by atoms with E-state index in [9.17, 15) is 0 Å². The Balaban J connectivity index is 2.50. The number of nitrogens with one attached hydrogen (secondary N) is 1. The minimum atomic E-state index is -0.716. The summed E-state index contributed by atoms with van der Waals surface area (Å²) in [7, 11) is 0. The predicted molar refractivity (Wildman–Crippen MR) is 61.0 cm³/mol. The van der Waals surface area contributed by atoms with Crippen molar-refractivity contribution in [3.05, 3.63) is 34.9 Å². The molecule has 0 aromatic heterocycles. The molecule has 3 nitrogen and oxygen atoms in total. The van der Waals surface area contributed by atoms with Gasteiger partial charge in [-0.05, 0) is 24.6 Å². The molecule has 0 aliphatic carbocycles. The third-order valence-electron chi connectivity index (χ3n) is 2.22. The lowest BCUT2D eigenvalue weighted by Crippen LogP contribution is -2.31. The second kappa shape index (κ2) is 6.08. The van der Waals surface area contributed by atoms with E-state index < -0.39 is 6.10 Å². The van der Waals surface area contributed by atoms with Crippen LogP contribution in [0.25, 0.3) is 0 Å². The van der Waals surface area contributed by atoms with Crippen LogP contribution in [0.1, 0.15) is 18.5 Å². The molecule has 0 aliphatic heterocycles. The highest BCUT2D eigenvalue weighted by atomic mass is 35.5. The van der Waals surface area contributed by atoms with Gasteiger partial charge >= 0.3 is 0 Å². The summed E-state index contributed by atoms with van der Waals surface area (Å²) in [5, 5.41) is 21.6. The summed E-state index contributed by atoms with van der Waals surface area (Å²) in [4.78, 5) is 0. The van der Waals surface area contributed by atoms with Gasteiger partial charge < -0.3 is 15.5 Å². The smallest absolute Gasteiger partial charge is 0.0895 e. The zero-order chi connectivity index (χ0) is 11.3. The highest BCUT2D eigenvalue weighted by Crippen LogP contribution is 2.16. The minimum Gasteiger partial charge on any atom is -0.394 e. The lowest BCUT2D eigenvalue weighted by atomic mass is 10.1. The molecule has 0 radical (unpaired) electrons. The first-order valence-corrected chi connectivity index (χ1v) is 5.29. The van der Waals surface area contributed by atoms with Crippen molar-refractivity contribution in [3.63, 3.8) is 0 Å². The van der Waals surface area contributed by atoms with E-state index in [0.717, 1.165) is 5.56 Å². The van der Waals surface area contributed by atoms with Gasteiger partial charge in [-0.1, -0.05) is 23.7 Å². The predicted octanol–water partition coefficient (Wildman–Crippen LogP) is 1.34. The molecule has 0 bridgehead atoms. The molecule has 0 saturated heterocycles. The van der Waals surface area contributed by atoms with Crippen LogP contribution in [0.5, 0.6) is 0 Å². The van der Waals surface area contributed by atoms with E-state index in [4.69, 9.17) is 21.8 Å². The maximum Gasteiger partial charge on any atom is 0.0895 e. The summed E-state index contributed by atoms with van der Waals surface area (Å²) in [6, 6.07) is 7.66. The minimum absolute atomic E-state index is 0.102. The molecule has 1 aromatic rings. The molecule has 0 amide bonds. The summed E-state index contributed by atoms with van der Waals surface area (Å²) >= 11 is 5.86. The average molecular weight is 230 g/mol. The Morgan fingerprint density at radius 2 is 2.20 bits per heavy atom. The summed E-state index contributed by atoms with van der Waals surface area (Å²) in [6.07, 6.45) is -0.716. The second-order valence-corrected chi connectivity index (χ2v) is 3.96. The molecular formula is C11H16ClNO2. The van der Waals surface area contributed by atoms with Crippen LogP contribution >= 0.6 is 11.6 Å². The van der Waals surface area contributed by atoms with Crippen LogP contribution in [0, 0.1) is 0 Å². The second-order valence-electron chi connectivity index (χ2n) is 3.52. The molecule has 2 atom stereocenters. The normalized spacial score (nSPS) is 14.9. The molecule has 0 saturated carbocycles. The SMILES string of the molecule is C[C@@H](NCC(O)CO)c1cccc(Cl)c1. The molecule has 0 spiro atoms. The Morgan fingerprint density at radius 3 is 2.80 bits per heavy atom. The van der Waals surface area contributed by atoms with Gasteiger partial charge in [0, 0.05) is 17.6 Å². The van der Waals surface area contributed by atoms with Crippen molar-refractivity contribution in [2.45, 2.75) is 19.1 Å². The number of hydrogen-bond acceptors (Lipinski definition) is 3. The molecule has 4 heteroatoms. The Labute approximate surface area is 94.7 Å².